The molecular formula is C9H12BrNOS. The molecule has 72 valence electrons. The summed E-state index contributed by atoms with van der Waals surface area (Å²) in [5.74, 6) is 1.20. The van der Waals surface area contributed by atoms with Crippen molar-refractivity contribution in [1.29, 1.82) is 0 Å². The third-order valence-electron chi connectivity index (χ3n) is 1.79. The van der Waals surface area contributed by atoms with Crippen LogP contribution in [0.1, 0.15) is 6.92 Å². The average Bonchev–Trinajstić information content (AvgIpc) is 2.13. The van der Waals surface area contributed by atoms with Gasteiger partial charge in [0.1, 0.15) is 0 Å². The minimum Gasteiger partial charge on any atom is -0.314 e. The Morgan fingerprint density at radius 1 is 1.69 bits per heavy atom. The summed E-state index contributed by atoms with van der Waals surface area (Å²) in [6.07, 6.45) is 1.80. The maximum absolute atomic E-state index is 11.5. The minimum absolute atomic E-state index is 0.0242. The van der Waals surface area contributed by atoms with Crippen LogP contribution in [0.3, 0.4) is 0 Å². The second kappa shape index (κ2) is 4.86. The average molecular weight is 262 g/mol. The maximum atomic E-state index is 11.5. The van der Waals surface area contributed by atoms with Crippen LogP contribution in [0.2, 0.25) is 0 Å². The first-order valence-corrected chi connectivity index (χ1v) is 5.53. The summed E-state index contributed by atoms with van der Waals surface area (Å²) in [5.41, 5.74) is 0.0242. The Bertz CT molecular complexity index is 337. The van der Waals surface area contributed by atoms with Gasteiger partial charge in [-0.1, -0.05) is 6.92 Å². The monoisotopic (exact) mass is 261 g/mol. The Morgan fingerprint density at radius 2 is 2.38 bits per heavy atom. The van der Waals surface area contributed by atoms with Gasteiger partial charge in [-0.3, -0.25) is 4.79 Å². The van der Waals surface area contributed by atoms with Crippen molar-refractivity contribution in [1.82, 2.24) is 4.57 Å². The quantitative estimate of drug-likeness (QED) is 0.828. The van der Waals surface area contributed by atoms with E-state index in [0.717, 1.165) is 12.3 Å². The van der Waals surface area contributed by atoms with E-state index in [0.29, 0.717) is 10.4 Å². The first-order valence-electron chi connectivity index (χ1n) is 4.11. The van der Waals surface area contributed by atoms with E-state index in [4.69, 9.17) is 0 Å². The molecule has 2 nitrogen and oxygen atoms in total. The van der Waals surface area contributed by atoms with Gasteiger partial charge < -0.3 is 4.57 Å². The van der Waals surface area contributed by atoms with Crippen LogP contribution in [0.5, 0.6) is 0 Å². The van der Waals surface area contributed by atoms with Gasteiger partial charge in [-0.05, 0) is 39.7 Å². The van der Waals surface area contributed by atoms with Crippen LogP contribution >= 0.6 is 28.6 Å². The summed E-state index contributed by atoms with van der Waals surface area (Å²) in [6, 6.07) is 3.61. The van der Waals surface area contributed by atoms with Crippen molar-refractivity contribution in [3.8, 4) is 0 Å². The maximum Gasteiger partial charge on any atom is 0.264 e. The molecule has 0 aliphatic carbocycles. The Kier molecular flexibility index (Phi) is 4.06. The number of hydrogen-bond donors (Lipinski definition) is 1. The van der Waals surface area contributed by atoms with Crippen LogP contribution in [0.15, 0.2) is 27.6 Å². The van der Waals surface area contributed by atoms with Gasteiger partial charge in [0.05, 0.1) is 4.47 Å². The number of aromatic nitrogens is 1. The third kappa shape index (κ3) is 2.88. The number of rotatable bonds is 3. The van der Waals surface area contributed by atoms with Gasteiger partial charge in [0.15, 0.2) is 0 Å². The first kappa shape index (κ1) is 10.9. The van der Waals surface area contributed by atoms with Gasteiger partial charge in [-0.25, -0.2) is 0 Å². The van der Waals surface area contributed by atoms with Gasteiger partial charge in [0.25, 0.3) is 5.56 Å². The summed E-state index contributed by atoms with van der Waals surface area (Å²) in [6.45, 7) is 2.79. The SMILES string of the molecule is CC(CS)Cn1cccc(Br)c1=O. The van der Waals surface area contributed by atoms with Crippen molar-refractivity contribution in [3.63, 3.8) is 0 Å². The van der Waals surface area contributed by atoms with E-state index in [1.807, 2.05) is 6.07 Å². The fraction of sp³-hybridized carbons (Fsp3) is 0.444. The Labute approximate surface area is 91.5 Å². The molecule has 0 spiro atoms. The van der Waals surface area contributed by atoms with Crippen LogP contribution in [0.4, 0.5) is 0 Å². The summed E-state index contributed by atoms with van der Waals surface area (Å²) >= 11 is 7.38. The predicted molar refractivity (Wildman–Crippen MR) is 61.4 cm³/mol. The van der Waals surface area contributed by atoms with E-state index >= 15 is 0 Å². The smallest absolute Gasteiger partial charge is 0.264 e. The number of thiol groups is 1. The third-order valence-corrected chi connectivity index (χ3v) is 3.02. The van der Waals surface area contributed by atoms with Crippen molar-refractivity contribution >= 4 is 28.6 Å². The molecule has 0 N–H and O–H groups in total. The van der Waals surface area contributed by atoms with E-state index in [2.05, 4.69) is 35.5 Å². The first-order chi connectivity index (χ1) is 6.15. The van der Waals surface area contributed by atoms with Crippen molar-refractivity contribution in [2.75, 3.05) is 5.75 Å². The van der Waals surface area contributed by atoms with Crippen LogP contribution in [0, 0.1) is 5.92 Å². The van der Waals surface area contributed by atoms with Gasteiger partial charge in [-0.15, -0.1) is 0 Å². The normalized spacial score (nSPS) is 12.8. The molecule has 1 aromatic heterocycles. The molecule has 0 aliphatic heterocycles. The van der Waals surface area contributed by atoms with Gasteiger partial charge in [0.2, 0.25) is 0 Å². The zero-order valence-corrected chi connectivity index (χ0v) is 9.88. The highest BCUT2D eigenvalue weighted by atomic mass is 79.9. The Balaban J connectivity index is 2.89. The van der Waals surface area contributed by atoms with Gasteiger partial charge in [-0.2, -0.15) is 12.6 Å². The summed E-state index contributed by atoms with van der Waals surface area (Å²) in [7, 11) is 0. The lowest BCUT2D eigenvalue weighted by Gasteiger charge is -2.10. The number of hydrogen-bond acceptors (Lipinski definition) is 2. The summed E-state index contributed by atoms with van der Waals surface area (Å²) in [4.78, 5) is 11.5. The molecule has 0 aromatic carbocycles. The van der Waals surface area contributed by atoms with Crippen LogP contribution in [-0.2, 0) is 6.54 Å². The lowest BCUT2D eigenvalue weighted by Crippen LogP contribution is -2.23. The molecule has 1 rings (SSSR count). The van der Waals surface area contributed by atoms with E-state index in [-0.39, 0.29) is 5.56 Å². The molecule has 0 saturated carbocycles. The van der Waals surface area contributed by atoms with E-state index in [9.17, 15) is 4.79 Å². The standard InChI is InChI=1S/C9H12BrNOS/c1-7(6-13)5-11-4-2-3-8(10)9(11)12/h2-4,7,13H,5-6H2,1H3. The molecule has 0 saturated heterocycles. The molecule has 0 fully saturated rings. The topological polar surface area (TPSA) is 22.0 Å². The van der Waals surface area contributed by atoms with E-state index in [1.165, 1.54) is 0 Å². The number of halogens is 1. The minimum atomic E-state index is 0.0242. The molecule has 0 bridgehead atoms. The molecule has 0 amide bonds. The Morgan fingerprint density at radius 3 is 3.00 bits per heavy atom. The highest BCUT2D eigenvalue weighted by Gasteiger charge is 2.03. The second-order valence-corrected chi connectivity index (χ2v) is 4.32. The fourth-order valence-electron chi connectivity index (χ4n) is 1.04. The number of nitrogens with zero attached hydrogens (tertiary/aromatic N) is 1. The van der Waals surface area contributed by atoms with E-state index in [1.54, 1.807) is 16.8 Å². The second-order valence-electron chi connectivity index (χ2n) is 3.10. The van der Waals surface area contributed by atoms with Crippen molar-refractivity contribution < 1.29 is 0 Å². The Hall–Kier alpha value is -0.220. The van der Waals surface area contributed by atoms with E-state index < -0.39 is 0 Å². The van der Waals surface area contributed by atoms with Crippen molar-refractivity contribution in [2.24, 2.45) is 5.92 Å². The molecule has 1 aromatic rings. The highest BCUT2D eigenvalue weighted by Crippen LogP contribution is 2.04. The summed E-state index contributed by atoms with van der Waals surface area (Å²) < 4.78 is 2.31. The highest BCUT2D eigenvalue weighted by molar-refractivity contribution is 9.10. The lowest BCUT2D eigenvalue weighted by molar-refractivity contribution is 0.518. The molecule has 1 unspecified atom stereocenters. The lowest BCUT2D eigenvalue weighted by atomic mass is 10.2. The fourth-order valence-corrected chi connectivity index (χ4v) is 1.54. The van der Waals surface area contributed by atoms with Gasteiger partial charge >= 0.3 is 0 Å². The zero-order valence-electron chi connectivity index (χ0n) is 7.40. The molecule has 1 heterocycles. The predicted octanol–water partition coefficient (Wildman–Crippen LogP) is 2.18. The summed E-state index contributed by atoms with van der Waals surface area (Å²) in [5, 5.41) is 0. The van der Waals surface area contributed by atoms with Gasteiger partial charge in [0, 0.05) is 12.7 Å². The largest absolute Gasteiger partial charge is 0.314 e. The van der Waals surface area contributed by atoms with Crippen LogP contribution in [-0.4, -0.2) is 10.3 Å². The van der Waals surface area contributed by atoms with Crippen molar-refractivity contribution in [3.05, 3.63) is 33.2 Å². The number of pyridine rings is 1. The molecule has 0 aliphatic rings. The molecule has 13 heavy (non-hydrogen) atoms. The van der Waals surface area contributed by atoms with Crippen molar-refractivity contribution in [2.45, 2.75) is 13.5 Å². The molecule has 4 heteroatoms. The molecular weight excluding hydrogens is 250 g/mol. The molecule has 0 radical (unpaired) electrons. The molecule has 1 atom stereocenters. The zero-order chi connectivity index (χ0) is 9.84. The van der Waals surface area contributed by atoms with Crippen LogP contribution < -0.4 is 5.56 Å². The van der Waals surface area contributed by atoms with Crippen LogP contribution in [0.25, 0.3) is 0 Å².